The van der Waals surface area contributed by atoms with Gasteiger partial charge in [0.25, 0.3) is 5.91 Å². The zero-order valence-corrected chi connectivity index (χ0v) is 15.5. The Hall–Kier alpha value is -2.54. The third-order valence-electron chi connectivity index (χ3n) is 3.74. The molecular weight excluding hydrogens is 386 g/mol. The van der Waals surface area contributed by atoms with Crippen LogP contribution in [-0.4, -0.2) is 15.7 Å². The van der Waals surface area contributed by atoms with E-state index in [9.17, 15) is 4.79 Å². The van der Waals surface area contributed by atoms with Crippen LogP contribution in [0.4, 0.5) is 5.69 Å². The third-order valence-corrected chi connectivity index (χ3v) is 4.40. The van der Waals surface area contributed by atoms with Gasteiger partial charge in [0, 0.05) is 6.54 Å². The fourth-order valence-corrected chi connectivity index (χ4v) is 2.76. The van der Waals surface area contributed by atoms with Crippen molar-refractivity contribution in [3.63, 3.8) is 0 Å². The van der Waals surface area contributed by atoms with E-state index in [2.05, 4.69) is 26.3 Å². The lowest BCUT2D eigenvalue weighted by Gasteiger charge is -2.06. The molecule has 0 unspecified atom stereocenters. The Morgan fingerprint density at radius 2 is 2.12 bits per heavy atom. The highest BCUT2D eigenvalue weighted by Crippen LogP contribution is 2.25. The maximum Gasteiger partial charge on any atom is 0.291 e. The summed E-state index contributed by atoms with van der Waals surface area (Å²) in [5, 5.41) is 7.02. The number of anilines is 1. The first-order chi connectivity index (χ1) is 12.1. The number of halogens is 1. The maximum atomic E-state index is 12.3. The second-order valence-corrected chi connectivity index (χ2v) is 6.25. The molecule has 3 rings (SSSR count). The highest BCUT2D eigenvalue weighted by molar-refractivity contribution is 9.10. The SMILES string of the molecule is CCn1ncc(NC(=O)c2ccc(COc3ccccc3Br)o2)c1C. The van der Waals surface area contributed by atoms with E-state index in [-0.39, 0.29) is 18.3 Å². The molecule has 2 heterocycles. The van der Waals surface area contributed by atoms with Crippen LogP contribution in [0.25, 0.3) is 0 Å². The Morgan fingerprint density at radius 3 is 2.84 bits per heavy atom. The van der Waals surface area contributed by atoms with E-state index in [0.29, 0.717) is 17.2 Å². The second-order valence-electron chi connectivity index (χ2n) is 5.40. The predicted octanol–water partition coefficient (Wildman–Crippen LogP) is 4.40. The number of amides is 1. The Kier molecular flexibility index (Phi) is 5.23. The number of carbonyl (C=O) groups excluding carboxylic acids is 1. The molecule has 0 aliphatic heterocycles. The highest BCUT2D eigenvalue weighted by atomic mass is 79.9. The number of furan rings is 1. The van der Waals surface area contributed by atoms with Gasteiger partial charge in [0.2, 0.25) is 0 Å². The summed E-state index contributed by atoms with van der Waals surface area (Å²) in [6.07, 6.45) is 1.64. The molecule has 0 bridgehead atoms. The predicted molar refractivity (Wildman–Crippen MR) is 97.8 cm³/mol. The average Bonchev–Trinajstić information content (AvgIpc) is 3.22. The van der Waals surface area contributed by atoms with Crippen LogP contribution < -0.4 is 10.1 Å². The number of aryl methyl sites for hydroxylation is 1. The van der Waals surface area contributed by atoms with E-state index < -0.39 is 0 Å². The molecule has 0 spiro atoms. The molecule has 0 fully saturated rings. The van der Waals surface area contributed by atoms with Gasteiger partial charge in [-0.3, -0.25) is 9.48 Å². The molecule has 0 aliphatic carbocycles. The molecule has 25 heavy (non-hydrogen) atoms. The monoisotopic (exact) mass is 403 g/mol. The number of benzene rings is 1. The van der Waals surface area contributed by atoms with E-state index in [4.69, 9.17) is 9.15 Å². The van der Waals surface area contributed by atoms with Crippen molar-refractivity contribution in [2.75, 3.05) is 5.32 Å². The van der Waals surface area contributed by atoms with Gasteiger partial charge in [-0.05, 0) is 54.0 Å². The van der Waals surface area contributed by atoms with Crippen molar-refractivity contribution in [1.82, 2.24) is 9.78 Å². The first kappa shape index (κ1) is 17.3. The number of nitrogens with zero attached hydrogens (tertiary/aromatic N) is 2. The van der Waals surface area contributed by atoms with E-state index in [0.717, 1.165) is 16.7 Å². The molecular formula is C18H18BrN3O3. The molecule has 1 aromatic carbocycles. The first-order valence-corrected chi connectivity index (χ1v) is 8.67. The largest absolute Gasteiger partial charge is 0.484 e. The summed E-state index contributed by atoms with van der Waals surface area (Å²) in [5.74, 6) is 1.20. The average molecular weight is 404 g/mol. The van der Waals surface area contributed by atoms with E-state index in [1.54, 1.807) is 18.3 Å². The van der Waals surface area contributed by atoms with E-state index in [1.807, 2.05) is 42.8 Å². The van der Waals surface area contributed by atoms with Crippen LogP contribution in [0.3, 0.4) is 0 Å². The van der Waals surface area contributed by atoms with Crippen molar-refractivity contribution in [3.8, 4) is 5.75 Å². The van der Waals surface area contributed by atoms with Gasteiger partial charge >= 0.3 is 0 Å². The number of hydrogen-bond donors (Lipinski definition) is 1. The summed E-state index contributed by atoms with van der Waals surface area (Å²) in [4.78, 5) is 12.3. The molecule has 0 saturated carbocycles. The van der Waals surface area contributed by atoms with Crippen molar-refractivity contribution in [1.29, 1.82) is 0 Å². The number of ether oxygens (including phenoxy) is 1. The van der Waals surface area contributed by atoms with E-state index >= 15 is 0 Å². The zero-order valence-electron chi connectivity index (χ0n) is 14.0. The lowest BCUT2D eigenvalue weighted by Crippen LogP contribution is -2.11. The minimum atomic E-state index is -0.314. The van der Waals surface area contributed by atoms with E-state index in [1.165, 1.54) is 0 Å². The van der Waals surface area contributed by atoms with Crippen LogP contribution >= 0.6 is 15.9 Å². The van der Waals surface area contributed by atoms with Gasteiger partial charge in [0.15, 0.2) is 5.76 Å². The maximum absolute atomic E-state index is 12.3. The summed E-state index contributed by atoms with van der Waals surface area (Å²) < 4.78 is 13.9. The Bertz CT molecular complexity index is 885. The van der Waals surface area contributed by atoms with Crippen LogP contribution in [0.2, 0.25) is 0 Å². The number of rotatable bonds is 6. The number of hydrogen-bond acceptors (Lipinski definition) is 4. The van der Waals surface area contributed by atoms with Crippen LogP contribution in [0.5, 0.6) is 5.75 Å². The molecule has 0 saturated heterocycles. The normalized spacial score (nSPS) is 10.7. The minimum Gasteiger partial charge on any atom is -0.484 e. The summed E-state index contributed by atoms with van der Waals surface area (Å²) in [6, 6.07) is 10.9. The van der Waals surface area contributed by atoms with Crippen LogP contribution in [-0.2, 0) is 13.2 Å². The number of carbonyl (C=O) groups is 1. The zero-order chi connectivity index (χ0) is 17.8. The fourth-order valence-electron chi connectivity index (χ4n) is 2.36. The van der Waals surface area contributed by atoms with Gasteiger partial charge in [0.05, 0.1) is 22.1 Å². The molecule has 0 radical (unpaired) electrons. The topological polar surface area (TPSA) is 69.3 Å². The lowest BCUT2D eigenvalue weighted by atomic mass is 10.3. The number of para-hydroxylation sites is 1. The molecule has 0 aliphatic rings. The van der Waals surface area contributed by atoms with Gasteiger partial charge in [-0.2, -0.15) is 5.10 Å². The van der Waals surface area contributed by atoms with Crippen LogP contribution in [0, 0.1) is 6.92 Å². The van der Waals surface area contributed by atoms with Gasteiger partial charge in [-0.25, -0.2) is 0 Å². The number of aromatic nitrogens is 2. The molecule has 130 valence electrons. The molecule has 7 heteroatoms. The van der Waals surface area contributed by atoms with Crippen molar-refractivity contribution < 1.29 is 13.9 Å². The minimum absolute atomic E-state index is 0.231. The van der Waals surface area contributed by atoms with Crippen LogP contribution in [0.15, 0.2) is 51.5 Å². The van der Waals surface area contributed by atoms with Crippen molar-refractivity contribution in [3.05, 3.63) is 64.3 Å². The van der Waals surface area contributed by atoms with Crippen molar-refractivity contribution in [2.45, 2.75) is 27.0 Å². The van der Waals surface area contributed by atoms with Crippen molar-refractivity contribution in [2.24, 2.45) is 0 Å². The van der Waals surface area contributed by atoms with Gasteiger partial charge in [0.1, 0.15) is 18.1 Å². The fraction of sp³-hybridized carbons (Fsp3) is 0.222. The highest BCUT2D eigenvalue weighted by Gasteiger charge is 2.15. The van der Waals surface area contributed by atoms with Gasteiger partial charge in [-0.15, -0.1) is 0 Å². The Labute approximate surface area is 153 Å². The third kappa shape index (κ3) is 3.93. The Balaban J connectivity index is 1.63. The quantitative estimate of drug-likeness (QED) is 0.661. The molecule has 3 aromatic rings. The smallest absolute Gasteiger partial charge is 0.291 e. The standard InChI is InChI=1S/C18H18BrN3O3/c1-3-22-12(2)15(10-20-22)21-18(23)17-9-8-13(25-17)11-24-16-7-5-4-6-14(16)19/h4-10H,3,11H2,1-2H3,(H,21,23). The molecule has 0 atom stereocenters. The second kappa shape index (κ2) is 7.57. The molecule has 1 N–H and O–H groups in total. The summed E-state index contributed by atoms with van der Waals surface area (Å²) in [5.41, 5.74) is 1.58. The van der Waals surface area contributed by atoms with Crippen molar-refractivity contribution >= 4 is 27.5 Å². The number of nitrogens with one attached hydrogen (secondary N) is 1. The molecule has 2 aromatic heterocycles. The van der Waals surface area contributed by atoms with Crippen LogP contribution in [0.1, 0.15) is 28.9 Å². The molecule has 1 amide bonds. The first-order valence-electron chi connectivity index (χ1n) is 7.88. The summed E-state index contributed by atoms with van der Waals surface area (Å²) in [7, 11) is 0. The van der Waals surface area contributed by atoms with Gasteiger partial charge in [-0.1, -0.05) is 12.1 Å². The van der Waals surface area contributed by atoms with Gasteiger partial charge < -0.3 is 14.5 Å². The Morgan fingerprint density at radius 1 is 1.32 bits per heavy atom. The summed E-state index contributed by atoms with van der Waals surface area (Å²) >= 11 is 3.42. The molecule has 6 nitrogen and oxygen atoms in total. The summed E-state index contributed by atoms with van der Waals surface area (Å²) in [6.45, 7) is 4.89. The lowest BCUT2D eigenvalue weighted by molar-refractivity contribution is 0.0992.